The van der Waals surface area contributed by atoms with Crippen LogP contribution in [0.3, 0.4) is 0 Å². The van der Waals surface area contributed by atoms with Gasteiger partial charge in [0.25, 0.3) is 0 Å². The molecule has 8 heteroatoms. The summed E-state index contributed by atoms with van der Waals surface area (Å²) in [6.07, 6.45) is 1.41. The first-order chi connectivity index (χ1) is 14.7. The molecular weight excluding hydrogens is 405 g/mol. The van der Waals surface area contributed by atoms with Crippen molar-refractivity contribution in [2.45, 2.75) is 36.8 Å². The molecular formula is C22H24FN3O3S. The van der Waals surface area contributed by atoms with E-state index in [4.69, 9.17) is 9.47 Å². The van der Waals surface area contributed by atoms with E-state index in [1.807, 2.05) is 28.8 Å². The molecule has 1 atom stereocenters. The average Bonchev–Trinajstić information content (AvgIpc) is 3.52. The zero-order chi connectivity index (χ0) is 20.9. The second-order valence-corrected chi connectivity index (χ2v) is 8.20. The van der Waals surface area contributed by atoms with E-state index in [2.05, 4.69) is 10.2 Å². The average molecular weight is 430 g/mol. The van der Waals surface area contributed by atoms with Crippen molar-refractivity contribution < 1.29 is 19.0 Å². The maximum atomic E-state index is 14.2. The number of benzene rings is 2. The molecule has 1 aromatic heterocycles. The fraction of sp³-hybridized carbons (Fsp3) is 0.364. The Balaban J connectivity index is 1.33. The van der Waals surface area contributed by atoms with Gasteiger partial charge in [-0.05, 0) is 42.7 Å². The summed E-state index contributed by atoms with van der Waals surface area (Å²) in [5, 5.41) is 19.5. The van der Waals surface area contributed by atoms with E-state index >= 15 is 0 Å². The lowest BCUT2D eigenvalue weighted by Crippen LogP contribution is -2.18. The summed E-state index contributed by atoms with van der Waals surface area (Å²) in [5.41, 5.74) is 1.46. The highest BCUT2D eigenvalue weighted by Gasteiger charge is 2.31. The largest absolute Gasteiger partial charge is 0.497 e. The first kappa shape index (κ1) is 20.8. The molecule has 3 aromatic rings. The Kier molecular flexibility index (Phi) is 6.66. The van der Waals surface area contributed by atoms with Gasteiger partial charge in [0.1, 0.15) is 11.6 Å². The third-order valence-electron chi connectivity index (χ3n) is 4.83. The van der Waals surface area contributed by atoms with Crippen molar-refractivity contribution in [2.24, 2.45) is 0 Å². The number of nitrogens with zero attached hydrogens (tertiary/aromatic N) is 3. The number of ether oxygens (including phenoxy) is 2. The molecule has 0 amide bonds. The highest BCUT2D eigenvalue weighted by Crippen LogP contribution is 2.41. The summed E-state index contributed by atoms with van der Waals surface area (Å²) in [6, 6.07) is 14.5. The number of thioether (sulfide) groups is 1. The first-order valence-electron chi connectivity index (χ1n) is 9.87. The molecule has 0 unspecified atom stereocenters. The maximum Gasteiger partial charge on any atom is 0.191 e. The number of aromatic nitrogens is 3. The van der Waals surface area contributed by atoms with Crippen molar-refractivity contribution >= 4 is 11.8 Å². The van der Waals surface area contributed by atoms with E-state index in [1.165, 1.54) is 17.8 Å². The van der Waals surface area contributed by atoms with E-state index in [0.29, 0.717) is 34.9 Å². The van der Waals surface area contributed by atoms with Gasteiger partial charge in [0, 0.05) is 11.8 Å². The van der Waals surface area contributed by atoms with E-state index in [-0.39, 0.29) is 12.4 Å². The molecule has 1 aliphatic rings. The summed E-state index contributed by atoms with van der Waals surface area (Å²) in [5.74, 6) is 1.45. The van der Waals surface area contributed by atoms with Gasteiger partial charge in [0.05, 0.1) is 32.0 Å². The Morgan fingerprint density at radius 2 is 1.93 bits per heavy atom. The van der Waals surface area contributed by atoms with Crippen LogP contribution in [0, 0.1) is 5.82 Å². The monoisotopic (exact) mass is 429 g/mol. The molecule has 6 nitrogen and oxygen atoms in total. The van der Waals surface area contributed by atoms with Gasteiger partial charge in [0.15, 0.2) is 11.0 Å². The van der Waals surface area contributed by atoms with Crippen LogP contribution in [0.1, 0.15) is 24.4 Å². The van der Waals surface area contributed by atoms with E-state index in [0.717, 1.165) is 24.2 Å². The Morgan fingerprint density at radius 3 is 2.63 bits per heavy atom. The van der Waals surface area contributed by atoms with Gasteiger partial charge in [-0.3, -0.25) is 4.57 Å². The molecule has 4 rings (SSSR count). The van der Waals surface area contributed by atoms with Crippen molar-refractivity contribution in [1.82, 2.24) is 14.8 Å². The number of aliphatic hydroxyl groups excluding tert-OH is 1. The minimum atomic E-state index is -0.644. The zero-order valence-electron chi connectivity index (χ0n) is 16.7. The quantitative estimate of drug-likeness (QED) is 0.490. The molecule has 1 saturated carbocycles. The van der Waals surface area contributed by atoms with Crippen molar-refractivity contribution in [3.8, 4) is 17.1 Å². The second-order valence-electron chi connectivity index (χ2n) is 7.22. The highest BCUT2D eigenvalue weighted by atomic mass is 32.2. The van der Waals surface area contributed by atoms with Gasteiger partial charge in [-0.1, -0.05) is 36.0 Å². The third kappa shape index (κ3) is 5.00. The summed E-state index contributed by atoms with van der Waals surface area (Å²) < 4.78 is 27.0. The van der Waals surface area contributed by atoms with Gasteiger partial charge in [-0.25, -0.2) is 4.39 Å². The lowest BCUT2D eigenvalue weighted by molar-refractivity contribution is 0.0397. The first-order valence-corrected chi connectivity index (χ1v) is 10.9. The minimum Gasteiger partial charge on any atom is -0.497 e. The number of aliphatic hydroxyl groups is 1. The molecule has 1 aliphatic carbocycles. The van der Waals surface area contributed by atoms with Crippen LogP contribution < -0.4 is 4.74 Å². The molecule has 158 valence electrons. The molecule has 2 aromatic carbocycles. The normalized spacial score (nSPS) is 14.6. The molecule has 0 aliphatic heterocycles. The fourth-order valence-electron chi connectivity index (χ4n) is 3.12. The Morgan fingerprint density at radius 1 is 1.17 bits per heavy atom. The van der Waals surface area contributed by atoms with Crippen LogP contribution >= 0.6 is 11.8 Å². The third-order valence-corrected chi connectivity index (χ3v) is 5.92. The van der Waals surface area contributed by atoms with Gasteiger partial charge < -0.3 is 14.6 Å². The summed E-state index contributed by atoms with van der Waals surface area (Å²) in [4.78, 5) is 0. The summed E-state index contributed by atoms with van der Waals surface area (Å²) in [6.45, 7) is 0.637. The number of hydrogen-bond acceptors (Lipinski definition) is 6. The van der Waals surface area contributed by atoms with E-state index < -0.39 is 6.10 Å². The molecule has 0 spiro atoms. The molecule has 0 radical (unpaired) electrons. The van der Waals surface area contributed by atoms with Gasteiger partial charge >= 0.3 is 0 Å². The van der Waals surface area contributed by atoms with Crippen LogP contribution in [0.5, 0.6) is 5.75 Å². The standard InChI is InChI=1S/C22H24FN3O3S/c1-28-18-10-6-15(7-11-18)12-29-13-17(27)14-30-22-25-24-21(26(22)16-8-9-16)19-4-2-3-5-20(19)23/h2-7,10-11,16-17,27H,8-9,12-14H2,1H3/t17-/m0/s1. The van der Waals surface area contributed by atoms with Crippen LogP contribution in [0.15, 0.2) is 53.7 Å². The summed E-state index contributed by atoms with van der Waals surface area (Å²) >= 11 is 1.42. The molecule has 0 saturated heterocycles. The number of rotatable bonds is 10. The Hall–Kier alpha value is -2.42. The minimum absolute atomic E-state index is 0.219. The van der Waals surface area contributed by atoms with Gasteiger partial charge in [-0.15, -0.1) is 10.2 Å². The second kappa shape index (κ2) is 9.59. The lowest BCUT2D eigenvalue weighted by Gasteiger charge is -2.12. The number of halogens is 1. The van der Waals surface area contributed by atoms with Gasteiger partial charge in [0.2, 0.25) is 0 Å². The smallest absolute Gasteiger partial charge is 0.191 e. The molecule has 1 N–H and O–H groups in total. The van der Waals surface area contributed by atoms with Crippen LogP contribution in [-0.2, 0) is 11.3 Å². The topological polar surface area (TPSA) is 69.4 Å². The molecule has 0 bridgehead atoms. The van der Waals surface area contributed by atoms with Crippen molar-refractivity contribution in [1.29, 1.82) is 0 Å². The molecule has 30 heavy (non-hydrogen) atoms. The van der Waals surface area contributed by atoms with Crippen LogP contribution in [0.2, 0.25) is 0 Å². The van der Waals surface area contributed by atoms with Crippen molar-refractivity contribution in [3.05, 3.63) is 59.9 Å². The predicted molar refractivity (Wildman–Crippen MR) is 113 cm³/mol. The van der Waals surface area contributed by atoms with E-state index in [9.17, 15) is 9.50 Å². The Bertz CT molecular complexity index is 976. The highest BCUT2D eigenvalue weighted by molar-refractivity contribution is 7.99. The van der Waals surface area contributed by atoms with Crippen LogP contribution in [0.25, 0.3) is 11.4 Å². The lowest BCUT2D eigenvalue weighted by atomic mass is 10.2. The zero-order valence-corrected chi connectivity index (χ0v) is 17.5. The van der Waals surface area contributed by atoms with Crippen molar-refractivity contribution in [3.63, 3.8) is 0 Å². The molecule has 1 heterocycles. The molecule has 1 fully saturated rings. The maximum absolute atomic E-state index is 14.2. The predicted octanol–water partition coefficient (Wildman–Crippen LogP) is 4.10. The number of hydrogen-bond donors (Lipinski definition) is 1. The van der Waals surface area contributed by atoms with Gasteiger partial charge in [-0.2, -0.15) is 0 Å². The Labute approximate surface area is 179 Å². The SMILES string of the molecule is COc1ccc(COC[C@H](O)CSc2nnc(-c3ccccc3F)n2C2CC2)cc1. The fourth-order valence-corrected chi connectivity index (χ4v) is 4.03. The number of methoxy groups -OCH3 is 1. The van der Waals surface area contributed by atoms with Crippen molar-refractivity contribution in [2.75, 3.05) is 19.5 Å². The van der Waals surface area contributed by atoms with Crippen LogP contribution in [0.4, 0.5) is 4.39 Å². The summed E-state index contributed by atoms with van der Waals surface area (Å²) in [7, 11) is 1.63. The van der Waals surface area contributed by atoms with E-state index in [1.54, 1.807) is 25.3 Å². The van der Waals surface area contributed by atoms with Crippen LogP contribution in [-0.4, -0.2) is 45.4 Å².